The van der Waals surface area contributed by atoms with Crippen molar-refractivity contribution >= 4 is 23.7 Å². The average molecular weight is 319 g/mol. The van der Waals surface area contributed by atoms with Crippen LogP contribution in [0.5, 0.6) is 5.75 Å². The van der Waals surface area contributed by atoms with Crippen molar-refractivity contribution in [1.29, 1.82) is 0 Å². The zero-order chi connectivity index (χ0) is 16.5. The fourth-order valence-electron chi connectivity index (χ4n) is 2.03. The van der Waals surface area contributed by atoms with Crippen molar-refractivity contribution in [2.75, 3.05) is 19.4 Å². The molecule has 1 aromatic carbocycles. The highest BCUT2D eigenvalue weighted by Gasteiger charge is 2.13. The molecule has 22 heavy (non-hydrogen) atoms. The van der Waals surface area contributed by atoms with E-state index < -0.39 is 0 Å². The molecule has 1 rings (SSSR count). The number of hydrogen-bond acceptors (Lipinski definition) is 3. The highest BCUT2D eigenvalue weighted by Crippen LogP contribution is 2.34. The van der Waals surface area contributed by atoms with Crippen LogP contribution in [-0.2, 0) is 4.79 Å². The molecule has 0 aliphatic carbocycles. The molecule has 0 saturated heterocycles. The van der Waals surface area contributed by atoms with Gasteiger partial charge in [-0.3, -0.25) is 4.79 Å². The Morgan fingerprint density at radius 1 is 1.36 bits per heavy atom. The van der Waals surface area contributed by atoms with Crippen molar-refractivity contribution in [1.82, 2.24) is 4.90 Å². The smallest absolute Gasteiger partial charge is 0.213 e. The normalized spacial score (nSPS) is 12.2. The van der Waals surface area contributed by atoms with E-state index >= 15 is 0 Å². The molecule has 0 radical (unpaired) electrons. The van der Waals surface area contributed by atoms with Gasteiger partial charge in [0.2, 0.25) is 6.41 Å². The van der Waals surface area contributed by atoms with Gasteiger partial charge in [-0.2, -0.15) is 0 Å². The Hall–Kier alpha value is -1.68. The number of nitrogens with zero attached hydrogens (tertiary/aromatic N) is 1. The number of allylic oxidation sites excluding steroid dienone is 3. The van der Waals surface area contributed by atoms with Crippen molar-refractivity contribution in [3.63, 3.8) is 0 Å². The maximum Gasteiger partial charge on any atom is 0.213 e. The molecule has 0 aromatic heterocycles. The van der Waals surface area contributed by atoms with Crippen LogP contribution >= 0.6 is 11.8 Å². The molecular weight excluding hydrogens is 294 g/mol. The number of amides is 1. The Bertz CT molecular complexity index is 564. The van der Waals surface area contributed by atoms with Crippen LogP contribution in [0.1, 0.15) is 33.3 Å². The van der Waals surface area contributed by atoms with Crippen LogP contribution < -0.4 is 4.74 Å². The number of rotatable bonds is 8. The van der Waals surface area contributed by atoms with Crippen LogP contribution in [-0.4, -0.2) is 30.7 Å². The van der Waals surface area contributed by atoms with Gasteiger partial charge in [-0.1, -0.05) is 13.0 Å². The highest BCUT2D eigenvalue weighted by molar-refractivity contribution is 7.99. The molecule has 0 aliphatic heterocycles. The maximum atomic E-state index is 11.0. The second-order valence-electron chi connectivity index (χ2n) is 4.81. The molecule has 0 N–H and O–H groups in total. The zero-order valence-electron chi connectivity index (χ0n) is 14.1. The topological polar surface area (TPSA) is 29.5 Å². The summed E-state index contributed by atoms with van der Waals surface area (Å²) in [6.45, 7) is 8.75. The lowest BCUT2D eigenvalue weighted by atomic mass is 9.98. The summed E-state index contributed by atoms with van der Waals surface area (Å²) in [5.41, 5.74) is 3.12. The van der Waals surface area contributed by atoms with Crippen molar-refractivity contribution < 1.29 is 9.53 Å². The summed E-state index contributed by atoms with van der Waals surface area (Å²) in [5, 5.41) is 0. The van der Waals surface area contributed by atoms with Gasteiger partial charge in [-0.25, -0.2) is 0 Å². The Morgan fingerprint density at radius 3 is 2.64 bits per heavy atom. The molecule has 0 aliphatic rings. The van der Waals surface area contributed by atoms with Crippen LogP contribution in [0.3, 0.4) is 0 Å². The van der Waals surface area contributed by atoms with E-state index in [9.17, 15) is 4.79 Å². The van der Waals surface area contributed by atoms with Crippen LogP contribution in [0.15, 0.2) is 40.9 Å². The average Bonchev–Trinajstić information content (AvgIpc) is 2.53. The van der Waals surface area contributed by atoms with Gasteiger partial charge in [0.1, 0.15) is 5.75 Å². The largest absolute Gasteiger partial charge is 0.493 e. The number of carbonyl (C=O) groups excluding carboxylic acids is 1. The van der Waals surface area contributed by atoms with Crippen LogP contribution in [0.4, 0.5) is 0 Å². The summed E-state index contributed by atoms with van der Waals surface area (Å²) >= 11 is 1.79. The second-order valence-corrected chi connectivity index (χ2v) is 6.15. The van der Waals surface area contributed by atoms with Crippen molar-refractivity contribution in [2.45, 2.75) is 32.6 Å². The number of carbonyl (C=O) groups is 1. The Morgan fingerprint density at radius 2 is 2.09 bits per heavy atom. The summed E-state index contributed by atoms with van der Waals surface area (Å²) < 4.78 is 5.78. The number of thioether (sulfide) groups is 1. The van der Waals surface area contributed by atoms with Crippen LogP contribution in [0.2, 0.25) is 0 Å². The predicted molar refractivity (Wildman–Crippen MR) is 95.2 cm³/mol. The Labute approximate surface area is 138 Å². The lowest BCUT2D eigenvalue weighted by molar-refractivity contribution is -0.114. The van der Waals surface area contributed by atoms with Gasteiger partial charge < -0.3 is 9.64 Å². The maximum absolute atomic E-state index is 11.0. The third-order valence-corrected chi connectivity index (χ3v) is 4.08. The lowest BCUT2D eigenvalue weighted by Gasteiger charge is -2.17. The van der Waals surface area contributed by atoms with E-state index in [1.165, 1.54) is 9.80 Å². The fourth-order valence-corrected chi connectivity index (χ4v) is 2.73. The predicted octanol–water partition coefficient (Wildman–Crippen LogP) is 4.59. The molecule has 0 heterocycles. The van der Waals surface area contributed by atoms with Gasteiger partial charge in [0.15, 0.2) is 0 Å². The van der Waals surface area contributed by atoms with Gasteiger partial charge in [0.25, 0.3) is 0 Å². The minimum Gasteiger partial charge on any atom is -0.493 e. The first-order chi connectivity index (χ1) is 10.6. The van der Waals surface area contributed by atoms with E-state index in [-0.39, 0.29) is 0 Å². The van der Waals surface area contributed by atoms with Gasteiger partial charge in [0.05, 0.1) is 6.61 Å². The summed E-state index contributed by atoms with van der Waals surface area (Å²) in [7, 11) is 1.74. The zero-order valence-corrected chi connectivity index (χ0v) is 14.9. The molecule has 0 spiro atoms. The van der Waals surface area contributed by atoms with Crippen molar-refractivity contribution in [2.24, 2.45) is 0 Å². The molecule has 0 atom stereocenters. The summed E-state index contributed by atoms with van der Waals surface area (Å²) in [5.74, 6) is 1.86. The van der Waals surface area contributed by atoms with E-state index in [0.717, 1.165) is 34.6 Å². The second kappa shape index (κ2) is 9.36. The Balaban J connectivity index is 3.45. The molecule has 0 bridgehead atoms. The number of hydrogen-bond donors (Lipinski definition) is 0. The van der Waals surface area contributed by atoms with Gasteiger partial charge in [0, 0.05) is 29.3 Å². The first kappa shape index (κ1) is 18.4. The minimum atomic E-state index is 0.610. The highest BCUT2D eigenvalue weighted by atomic mass is 32.2. The lowest BCUT2D eigenvalue weighted by Crippen LogP contribution is -2.09. The third-order valence-electron chi connectivity index (χ3n) is 3.21. The van der Waals surface area contributed by atoms with Gasteiger partial charge >= 0.3 is 0 Å². The molecule has 0 fully saturated rings. The van der Waals surface area contributed by atoms with Gasteiger partial charge in [-0.15, -0.1) is 11.8 Å². The van der Waals surface area contributed by atoms with Crippen molar-refractivity contribution in [3.8, 4) is 5.75 Å². The quantitative estimate of drug-likeness (QED) is 0.399. The van der Waals surface area contributed by atoms with E-state index in [1.54, 1.807) is 18.8 Å². The fraction of sp³-hybridized carbons (Fsp3) is 0.389. The monoisotopic (exact) mass is 319 g/mol. The van der Waals surface area contributed by atoms with Crippen LogP contribution in [0, 0.1) is 0 Å². The molecular formula is C18H25NO2S. The number of benzene rings is 1. The van der Waals surface area contributed by atoms with Crippen LogP contribution in [0.25, 0.3) is 5.57 Å². The van der Waals surface area contributed by atoms with E-state index in [0.29, 0.717) is 6.61 Å². The first-order valence-electron chi connectivity index (χ1n) is 7.49. The standard InChI is InChI=1S/C18H25NO2S/c1-6-14(4)17(12-19(5)13-20)16-11-15(22-8-3)9-10-18(16)21-7-2/h6,9-13H,7-8H2,1-5H3/b14-6-,17-12+. The van der Waals surface area contributed by atoms with E-state index in [4.69, 9.17) is 4.74 Å². The minimum absolute atomic E-state index is 0.610. The number of ether oxygens (including phenoxy) is 1. The van der Waals surface area contributed by atoms with E-state index in [1.807, 2.05) is 39.1 Å². The summed E-state index contributed by atoms with van der Waals surface area (Å²) in [6.07, 6.45) is 4.69. The first-order valence-corrected chi connectivity index (χ1v) is 8.48. The SMILES string of the molecule is C/C=C(C)\C(=C/N(C)C=O)c1cc(SCC)ccc1OCC. The third kappa shape index (κ3) is 4.95. The molecule has 120 valence electrons. The molecule has 1 aromatic rings. The summed E-state index contributed by atoms with van der Waals surface area (Å²) in [4.78, 5) is 13.7. The van der Waals surface area contributed by atoms with Gasteiger partial charge in [-0.05, 0) is 50.3 Å². The van der Waals surface area contributed by atoms with Crippen molar-refractivity contribution in [3.05, 3.63) is 41.6 Å². The molecule has 1 amide bonds. The molecule has 4 heteroatoms. The molecule has 0 unspecified atom stereocenters. The summed E-state index contributed by atoms with van der Waals surface area (Å²) in [6, 6.07) is 6.22. The Kier molecular flexibility index (Phi) is 7.82. The van der Waals surface area contributed by atoms with E-state index in [2.05, 4.69) is 19.1 Å². The molecule has 0 saturated carbocycles. The molecule has 3 nitrogen and oxygen atoms in total.